The fourth-order valence-electron chi connectivity index (χ4n) is 1.01. The minimum atomic E-state index is -0.428. The summed E-state index contributed by atoms with van der Waals surface area (Å²) in [4.78, 5) is 21.9. The van der Waals surface area contributed by atoms with Gasteiger partial charge in [0.2, 0.25) is 0 Å². The van der Waals surface area contributed by atoms with Gasteiger partial charge in [0.15, 0.2) is 6.29 Å². The Bertz CT molecular complexity index is 360. The summed E-state index contributed by atoms with van der Waals surface area (Å²) < 4.78 is 5.30. The Balaban J connectivity index is 3.09. The van der Waals surface area contributed by atoms with Crippen LogP contribution in [0.25, 0.3) is 0 Å². The van der Waals surface area contributed by atoms with Crippen molar-refractivity contribution in [1.29, 1.82) is 0 Å². The van der Waals surface area contributed by atoms with E-state index in [0.29, 0.717) is 28.5 Å². The normalized spacial score (nSPS) is 9.57. The van der Waals surface area contributed by atoms with Crippen LogP contribution in [-0.4, -0.2) is 18.9 Å². The molecule has 0 saturated carbocycles. The number of ether oxygens (including phenoxy) is 1. The predicted octanol–water partition coefficient (Wildman–Crippen LogP) is 2.44. The Morgan fingerprint density at radius 1 is 1.57 bits per heavy atom. The van der Waals surface area contributed by atoms with E-state index in [0.717, 1.165) is 0 Å². The van der Waals surface area contributed by atoms with Crippen LogP contribution in [0.1, 0.15) is 27.6 Å². The van der Waals surface area contributed by atoms with Gasteiger partial charge >= 0.3 is 5.97 Å². The van der Waals surface area contributed by atoms with Crippen molar-refractivity contribution < 1.29 is 14.3 Å². The first-order chi connectivity index (χ1) is 6.70. The number of aldehydes is 1. The van der Waals surface area contributed by atoms with E-state index in [2.05, 4.69) is 15.9 Å². The Morgan fingerprint density at radius 3 is 2.86 bits per heavy atom. The minimum absolute atomic E-state index is 0.316. The van der Waals surface area contributed by atoms with Gasteiger partial charge in [0.1, 0.15) is 0 Å². The lowest BCUT2D eigenvalue weighted by atomic mass is 10.1. The first-order valence-corrected chi connectivity index (χ1v) is 4.90. The van der Waals surface area contributed by atoms with Gasteiger partial charge in [0.25, 0.3) is 0 Å². The van der Waals surface area contributed by atoms with E-state index in [4.69, 9.17) is 4.74 Å². The molecule has 0 fully saturated rings. The number of hydrogen-bond donors (Lipinski definition) is 0. The minimum Gasteiger partial charge on any atom is -0.462 e. The van der Waals surface area contributed by atoms with E-state index < -0.39 is 5.97 Å². The molecule has 0 radical (unpaired) electrons. The summed E-state index contributed by atoms with van der Waals surface area (Å²) in [5, 5.41) is 0. The van der Waals surface area contributed by atoms with Gasteiger partial charge in [-0.25, -0.2) is 4.79 Å². The summed E-state index contributed by atoms with van der Waals surface area (Å²) in [6.07, 6.45) is 0.687. The Hall–Kier alpha value is -1.16. The van der Waals surface area contributed by atoms with Gasteiger partial charge in [-0.15, -0.1) is 0 Å². The maximum Gasteiger partial charge on any atom is 0.339 e. The molecule has 0 N–H and O–H groups in total. The third-order valence-corrected chi connectivity index (χ3v) is 2.54. The molecule has 0 bridgehead atoms. The number of carbonyl (C=O) groups excluding carboxylic acids is 2. The van der Waals surface area contributed by atoms with E-state index in [1.54, 1.807) is 25.1 Å². The molecule has 0 aliphatic rings. The van der Waals surface area contributed by atoms with Crippen molar-refractivity contribution in [2.45, 2.75) is 6.92 Å². The molecule has 3 nitrogen and oxygen atoms in total. The summed E-state index contributed by atoms with van der Waals surface area (Å²) >= 11 is 3.18. The van der Waals surface area contributed by atoms with E-state index in [1.807, 2.05) is 0 Å². The molecule has 1 rings (SSSR count). The summed E-state index contributed by atoms with van der Waals surface area (Å²) in [6, 6.07) is 4.87. The van der Waals surface area contributed by atoms with Crippen molar-refractivity contribution in [3.63, 3.8) is 0 Å². The Morgan fingerprint density at radius 2 is 2.29 bits per heavy atom. The summed E-state index contributed by atoms with van der Waals surface area (Å²) in [7, 11) is 0. The van der Waals surface area contributed by atoms with Crippen LogP contribution in [-0.2, 0) is 4.74 Å². The first kappa shape index (κ1) is 10.9. The molecule has 4 heteroatoms. The highest BCUT2D eigenvalue weighted by Crippen LogP contribution is 2.21. The van der Waals surface area contributed by atoms with E-state index in [9.17, 15) is 9.59 Å². The molecule has 1 aromatic rings. The van der Waals surface area contributed by atoms with Crippen LogP contribution in [0.5, 0.6) is 0 Å². The quantitative estimate of drug-likeness (QED) is 0.617. The Kier molecular flexibility index (Phi) is 3.83. The van der Waals surface area contributed by atoms with Crippen molar-refractivity contribution in [2.24, 2.45) is 0 Å². The van der Waals surface area contributed by atoms with Crippen LogP contribution in [0, 0.1) is 0 Å². The van der Waals surface area contributed by atoms with Gasteiger partial charge in [0, 0.05) is 10.0 Å². The van der Waals surface area contributed by atoms with Gasteiger partial charge < -0.3 is 4.74 Å². The van der Waals surface area contributed by atoms with Crippen molar-refractivity contribution in [1.82, 2.24) is 0 Å². The molecule has 0 aromatic heterocycles. The van der Waals surface area contributed by atoms with Gasteiger partial charge in [-0.1, -0.05) is 12.1 Å². The summed E-state index contributed by atoms with van der Waals surface area (Å²) in [5.41, 5.74) is 0.812. The molecule has 0 saturated heterocycles. The number of hydrogen-bond acceptors (Lipinski definition) is 3. The van der Waals surface area contributed by atoms with E-state index >= 15 is 0 Å². The molecule has 0 atom stereocenters. The highest BCUT2D eigenvalue weighted by Gasteiger charge is 2.12. The number of halogens is 1. The highest BCUT2D eigenvalue weighted by molar-refractivity contribution is 9.10. The van der Waals surface area contributed by atoms with Crippen molar-refractivity contribution in [2.75, 3.05) is 6.61 Å². The molecule has 0 amide bonds. The molecule has 0 aliphatic heterocycles. The molecule has 14 heavy (non-hydrogen) atoms. The van der Waals surface area contributed by atoms with E-state index in [-0.39, 0.29) is 0 Å². The number of esters is 1. The molecule has 0 aliphatic carbocycles. The zero-order valence-corrected chi connectivity index (χ0v) is 9.21. The summed E-state index contributed by atoms with van der Waals surface area (Å²) in [5.74, 6) is -0.428. The topological polar surface area (TPSA) is 43.4 Å². The third kappa shape index (κ3) is 2.20. The second-order valence-corrected chi connectivity index (χ2v) is 3.34. The standard InChI is InChI=1S/C10H9BrO3/c1-2-14-10(13)8-5-3-4-7(6-12)9(8)11/h3-6H,2H2,1H3. The molecular weight excluding hydrogens is 248 g/mol. The van der Waals surface area contributed by atoms with Gasteiger partial charge in [-0.2, -0.15) is 0 Å². The fourth-order valence-corrected chi connectivity index (χ4v) is 1.53. The van der Waals surface area contributed by atoms with Crippen LogP contribution in [0.2, 0.25) is 0 Å². The van der Waals surface area contributed by atoms with Crippen LogP contribution < -0.4 is 0 Å². The van der Waals surface area contributed by atoms with Crippen LogP contribution in [0.15, 0.2) is 22.7 Å². The van der Waals surface area contributed by atoms with Crippen LogP contribution in [0.3, 0.4) is 0 Å². The zero-order valence-electron chi connectivity index (χ0n) is 7.62. The second kappa shape index (κ2) is 4.91. The third-order valence-electron chi connectivity index (χ3n) is 1.65. The van der Waals surface area contributed by atoms with Crippen LogP contribution in [0.4, 0.5) is 0 Å². The molecule has 0 heterocycles. The molecular formula is C10H9BrO3. The molecule has 1 aromatic carbocycles. The largest absolute Gasteiger partial charge is 0.462 e. The van der Waals surface area contributed by atoms with Crippen molar-refractivity contribution in [3.8, 4) is 0 Å². The van der Waals surface area contributed by atoms with Gasteiger partial charge in [0.05, 0.1) is 12.2 Å². The zero-order chi connectivity index (χ0) is 10.6. The highest BCUT2D eigenvalue weighted by atomic mass is 79.9. The molecule has 0 spiro atoms. The smallest absolute Gasteiger partial charge is 0.339 e. The van der Waals surface area contributed by atoms with Crippen molar-refractivity contribution in [3.05, 3.63) is 33.8 Å². The lowest BCUT2D eigenvalue weighted by Gasteiger charge is -2.04. The average molecular weight is 257 g/mol. The SMILES string of the molecule is CCOC(=O)c1cccc(C=O)c1Br. The average Bonchev–Trinajstić information content (AvgIpc) is 2.18. The van der Waals surface area contributed by atoms with Gasteiger partial charge in [-0.05, 0) is 28.9 Å². The van der Waals surface area contributed by atoms with E-state index in [1.165, 1.54) is 0 Å². The number of carbonyl (C=O) groups is 2. The first-order valence-electron chi connectivity index (χ1n) is 4.11. The number of benzene rings is 1. The predicted molar refractivity (Wildman–Crippen MR) is 55.5 cm³/mol. The Labute approximate surface area is 90.2 Å². The lowest BCUT2D eigenvalue weighted by molar-refractivity contribution is 0.0525. The van der Waals surface area contributed by atoms with Gasteiger partial charge in [-0.3, -0.25) is 4.79 Å². The maximum atomic E-state index is 11.4. The van der Waals surface area contributed by atoms with Crippen LogP contribution >= 0.6 is 15.9 Å². The number of rotatable bonds is 3. The maximum absolute atomic E-state index is 11.4. The summed E-state index contributed by atoms with van der Waals surface area (Å²) in [6.45, 7) is 2.05. The fraction of sp³-hybridized carbons (Fsp3) is 0.200. The molecule has 74 valence electrons. The van der Waals surface area contributed by atoms with Crippen molar-refractivity contribution >= 4 is 28.2 Å². The second-order valence-electron chi connectivity index (χ2n) is 2.55. The molecule has 0 unspecified atom stereocenters. The monoisotopic (exact) mass is 256 g/mol. The lowest BCUT2D eigenvalue weighted by Crippen LogP contribution is -2.06.